The fourth-order valence-electron chi connectivity index (χ4n) is 1.83. The molecule has 21 heavy (non-hydrogen) atoms. The molecule has 1 N–H and O–H groups in total. The van der Waals surface area contributed by atoms with Crippen molar-refractivity contribution in [1.29, 1.82) is 0 Å². The lowest BCUT2D eigenvalue weighted by atomic mass is 10.2. The van der Waals surface area contributed by atoms with Crippen LogP contribution >= 0.6 is 0 Å². The maximum atomic E-state index is 12.8. The Balaban J connectivity index is 2.47. The van der Waals surface area contributed by atoms with Gasteiger partial charge in [-0.2, -0.15) is 13.2 Å². The lowest BCUT2D eigenvalue weighted by molar-refractivity contribution is -0.144. The van der Waals surface area contributed by atoms with Crippen LogP contribution in [0.5, 0.6) is 0 Å². The zero-order valence-electron chi connectivity index (χ0n) is 11.9. The van der Waals surface area contributed by atoms with Crippen LogP contribution in [-0.4, -0.2) is 24.1 Å². The van der Waals surface area contributed by atoms with Crippen LogP contribution in [0.15, 0.2) is 30.3 Å². The number of rotatable bonds is 3. The SMILES string of the molecule is CNc1cc(N(C)c2cccc(C)c2)nc(C(F)(F)F)n1. The van der Waals surface area contributed by atoms with Gasteiger partial charge in [-0.1, -0.05) is 12.1 Å². The summed E-state index contributed by atoms with van der Waals surface area (Å²) in [7, 11) is 3.18. The van der Waals surface area contributed by atoms with Gasteiger partial charge in [-0.15, -0.1) is 0 Å². The monoisotopic (exact) mass is 296 g/mol. The van der Waals surface area contributed by atoms with Crippen LogP contribution in [0.2, 0.25) is 0 Å². The Kier molecular flexibility index (Phi) is 4.02. The summed E-state index contributed by atoms with van der Waals surface area (Å²) in [5.74, 6) is -0.872. The van der Waals surface area contributed by atoms with E-state index in [1.54, 1.807) is 18.0 Å². The Bertz CT molecular complexity index is 640. The smallest absolute Gasteiger partial charge is 0.373 e. The quantitative estimate of drug-likeness (QED) is 0.939. The fourth-order valence-corrected chi connectivity index (χ4v) is 1.83. The zero-order valence-corrected chi connectivity index (χ0v) is 11.9. The van der Waals surface area contributed by atoms with E-state index in [1.165, 1.54) is 13.1 Å². The van der Waals surface area contributed by atoms with Gasteiger partial charge in [-0.05, 0) is 24.6 Å². The molecule has 0 saturated carbocycles. The third-order valence-electron chi connectivity index (χ3n) is 2.95. The van der Waals surface area contributed by atoms with Crippen molar-refractivity contribution in [1.82, 2.24) is 9.97 Å². The minimum Gasteiger partial charge on any atom is -0.373 e. The molecule has 0 aliphatic rings. The first-order valence-electron chi connectivity index (χ1n) is 6.25. The molecule has 0 atom stereocenters. The van der Waals surface area contributed by atoms with Gasteiger partial charge >= 0.3 is 6.18 Å². The van der Waals surface area contributed by atoms with Crippen molar-refractivity contribution < 1.29 is 13.2 Å². The molecule has 0 aliphatic heterocycles. The molecule has 0 aliphatic carbocycles. The van der Waals surface area contributed by atoms with Crippen molar-refractivity contribution in [2.24, 2.45) is 0 Å². The van der Waals surface area contributed by atoms with E-state index in [9.17, 15) is 13.2 Å². The van der Waals surface area contributed by atoms with E-state index in [0.717, 1.165) is 11.3 Å². The molecule has 0 saturated heterocycles. The summed E-state index contributed by atoms with van der Waals surface area (Å²) in [5.41, 5.74) is 1.77. The molecule has 0 bridgehead atoms. The number of halogens is 3. The summed E-state index contributed by atoms with van der Waals surface area (Å²) in [6.45, 7) is 1.91. The highest BCUT2D eigenvalue weighted by Gasteiger charge is 2.35. The maximum absolute atomic E-state index is 12.8. The predicted octanol–water partition coefficient (Wildman–Crippen LogP) is 3.61. The molecule has 1 aromatic carbocycles. The molecule has 1 aromatic heterocycles. The van der Waals surface area contributed by atoms with E-state index < -0.39 is 12.0 Å². The predicted molar refractivity (Wildman–Crippen MR) is 75.8 cm³/mol. The molecule has 0 fully saturated rings. The highest BCUT2D eigenvalue weighted by atomic mass is 19.4. The topological polar surface area (TPSA) is 41.0 Å². The maximum Gasteiger partial charge on any atom is 0.451 e. The number of nitrogens with one attached hydrogen (secondary N) is 1. The molecule has 0 unspecified atom stereocenters. The zero-order chi connectivity index (χ0) is 15.6. The highest BCUT2D eigenvalue weighted by molar-refractivity contribution is 5.62. The number of benzene rings is 1. The second-order valence-electron chi connectivity index (χ2n) is 4.58. The van der Waals surface area contributed by atoms with Crippen molar-refractivity contribution in [2.75, 3.05) is 24.3 Å². The lowest BCUT2D eigenvalue weighted by Crippen LogP contribution is -2.18. The molecular formula is C14H15F3N4. The molecular weight excluding hydrogens is 281 g/mol. The summed E-state index contributed by atoms with van der Waals surface area (Å²) in [6, 6.07) is 8.90. The number of hydrogen-bond donors (Lipinski definition) is 1. The number of aromatic nitrogens is 2. The van der Waals surface area contributed by atoms with Crippen molar-refractivity contribution in [3.63, 3.8) is 0 Å². The van der Waals surface area contributed by atoms with Gasteiger partial charge < -0.3 is 10.2 Å². The van der Waals surface area contributed by atoms with E-state index in [4.69, 9.17) is 0 Å². The van der Waals surface area contributed by atoms with Crippen LogP contribution in [0.1, 0.15) is 11.4 Å². The largest absolute Gasteiger partial charge is 0.451 e. The second kappa shape index (κ2) is 5.59. The third-order valence-corrected chi connectivity index (χ3v) is 2.95. The lowest BCUT2D eigenvalue weighted by Gasteiger charge is -2.20. The molecule has 0 amide bonds. The van der Waals surface area contributed by atoms with Crippen LogP contribution < -0.4 is 10.2 Å². The summed E-state index contributed by atoms with van der Waals surface area (Å²) < 4.78 is 38.5. The summed E-state index contributed by atoms with van der Waals surface area (Å²) in [4.78, 5) is 8.64. The molecule has 2 aromatic rings. The average molecular weight is 296 g/mol. The molecule has 0 spiro atoms. The number of hydrogen-bond acceptors (Lipinski definition) is 4. The van der Waals surface area contributed by atoms with Crippen molar-refractivity contribution in [3.8, 4) is 0 Å². The summed E-state index contributed by atoms with van der Waals surface area (Å²) in [5, 5.41) is 2.62. The highest BCUT2D eigenvalue weighted by Crippen LogP contribution is 2.31. The summed E-state index contributed by atoms with van der Waals surface area (Å²) in [6.07, 6.45) is -4.59. The Morgan fingerprint density at radius 2 is 1.86 bits per heavy atom. The number of anilines is 3. The average Bonchev–Trinajstić information content (AvgIpc) is 2.45. The van der Waals surface area contributed by atoms with Gasteiger partial charge in [0.05, 0.1) is 0 Å². The molecule has 1 heterocycles. The molecule has 112 valence electrons. The Morgan fingerprint density at radius 1 is 1.14 bits per heavy atom. The fraction of sp³-hybridized carbons (Fsp3) is 0.286. The first-order chi connectivity index (χ1) is 9.81. The number of nitrogens with zero attached hydrogens (tertiary/aromatic N) is 3. The second-order valence-corrected chi connectivity index (χ2v) is 4.58. The molecule has 2 rings (SSSR count). The number of aryl methyl sites for hydroxylation is 1. The van der Waals surface area contributed by atoms with Gasteiger partial charge in [-0.25, -0.2) is 9.97 Å². The first-order valence-corrected chi connectivity index (χ1v) is 6.25. The van der Waals surface area contributed by atoms with E-state index in [-0.39, 0.29) is 11.6 Å². The van der Waals surface area contributed by atoms with Gasteiger partial charge in [0.15, 0.2) is 0 Å². The van der Waals surface area contributed by atoms with Crippen molar-refractivity contribution in [2.45, 2.75) is 13.1 Å². The minimum absolute atomic E-state index is 0.117. The van der Waals surface area contributed by atoms with Gasteiger partial charge in [0.2, 0.25) is 5.82 Å². The van der Waals surface area contributed by atoms with Gasteiger partial charge in [0.1, 0.15) is 11.6 Å². The molecule has 0 radical (unpaired) electrons. The van der Waals surface area contributed by atoms with E-state index in [2.05, 4.69) is 15.3 Å². The summed E-state index contributed by atoms with van der Waals surface area (Å²) >= 11 is 0. The van der Waals surface area contributed by atoms with Crippen molar-refractivity contribution in [3.05, 3.63) is 41.7 Å². The van der Waals surface area contributed by atoms with E-state index in [1.807, 2.05) is 25.1 Å². The minimum atomic E-state index is -4.59. The van der Waals surface area contributed by atoms with Gasteiger partial charge in [0.25, 0.3) is 0 Å². The first kappa shape index (κ1) is 15.1. The van der Waals surface area contributed by atoms with Crippen LogP contribution in [0.3, 0.4) is 0 Å². The number of alkyl halides is 3. The van der Waals surface area contributed by atoms with Crippen molar-refractivity contribution >= 4 is 17.3 Å². The third kappa shape index (κ3) is 3.42. The van der Waals surface area contributed by atoms with Crippen LogP contribution in [-0.2, 0) is 6.18 Å². The van der Waals surface area contributed by atoms with E-state index >= 15 is 0 Å². The van der Waals surface area contributed by atoms with E-state index in [0.29, 0.717) is 0 Å². The molecule has 7 heteroatoms. The Labute approximate surface area is 120 Å². The molecule has 4 nitrogen and oxygen atoms in total. The Morgan fingerprint density at radius 3 is 2.43 bits per heavy atom. The van der Waals surface area contributed by atoms with Crippen LogP contribution in [0.4, 0.5) is 30.5 Å². The Hall–Kier alpha value is -2.31. The van der Waals surface area contributed by atoms with Gasteiger partial charge in [0, 0.05) is 25.8 Å². The van der Waals surface area contributed by atoms with Gasteiger partial charge in [-0.3, -0.25) is 0 Å². The van der Waals surface area contributed by atoms with Crippen LogP contribution in [0.25, 0.3) is 0 Å². The standard InChI is InChI=1S/C14H15F3N4/c1-9-5-4-6-10(7-9)21(3)12-8-11(18-2)19-13(20-12)14(15,16)17/h4-8H,1-3H3,(H,18,19,20). The normalized spacial score (nSPS) is 11.3. The van der Waals surface area contributed by atoms with Crippen LogP contribution in [0, 0.1) is 6.92 Å².